The van der Waals surface area contributed by atoms with Gasteiger partial charge in [-0.3, -0.25) is 4.79 Å². The summed E-state index contributed by atoms with van der Waals surface area (Å²) >= 11 is 5.56. The lowest BCUT2D eigenvalue weighted by Gasteiger charge is -2.14. The van der Waals surface area contributed by atoms with Crippen molar-refractivity contribution in [3.63, 3.8) is 0 Å². The second-order valence-electron chi connectivity index (χ2n) is 5.40. The Morgan fingerprint density at radius 1 is 1.35 bits per heavy atom. The van der Waals surface area contributed by atoms with E-state index in [1.54, 1.807) is 24.3 Å². The Hall–Kier alpha value is -2.32. The van der Waals surface area contributed by atoms with Crippen LogP contribution in [0.2, 0.25) is 0 Å². The lowest BCUT2D eigenvalue weighted by Crippen LogP contribution is -2.29. The van der Waals surface area contributed by atoms with Gasteiger partial charge in [0.05, 0.1) is 11.6 Å². The fourth-order valence-electron chi connectivity index (χ4n) is 2.33. The number of hydrogen-bond donors (Lipinski definition) is 1. The van der Waals surface area contributed by atoms with Crippen LogP contribution in [0.25, 0.3) is 5.82 Å². The standard InChI is InChI=1S/C17H12BrIN6O/c1-10(24-17(26)12-4-13(18)6-14(19)5-12)16-22-9-23-25(16)15-3-2-11(7-20)8-21-15/h2-6,8-10H,1H3,(H,24,26)/t10-/m0/s1. The zero-order valence-electron chi connectivity index (χ0n) is 13.5. The number of carbonyl (C=O) groups excluding carboxylic acids is 1. The molecule has 0 saturated heterocycles. The van der Waals surface area contributed by atoms with Gasteiger partial charge in [-0.25, -0.2) is 9.97 Å². The largest absolute Gasteiger partial charge is 0.342 e. The van der Waals surface area contributed by atoms with E-state index in [1.165, 1.54) is 17.2 Å². The number of hydrogen-bond acceptors (Lipinski definition) is 5. The van der Waals surface area contributed by atoms with Crippen molar-refractivity contribution in [1.29, 1.82) is 5.26 Å². The van der Waals surface area contributed by atoms with E-state index in [0.29, 0.717) is 22.8 Å². The van der Waals surface area contributed by atoms with Crippen LogP contribution in [0.1, 0.15) is 34.7 Å². The number of carbonyl (C=O) groups is 1. The van der Waals surface area contributed by atoms with Crippen LogP contribution in [0, 0.1) is 14.9 Å². The number of nitrogens with one attached hydrogen (secondary N) is 1. The summed E-state index contributed by atoms with van der Waals surface area (Å²) < 4.78 is 3.34. The molecule has 130 valence electrons. The van der Waals surface area contributed by atoms with Crippen LogP contribution >= 0.6 is 38.5 Å². The van der Waals surface area contributed by atoms with E-state index in [1.807, 2.05) is 19.1 Å². The monoisotopic (exact) mass is 522 g/mol. The highest BCUT2D eigenvalue weighted by Gasteiger charge is 2.18. The van der Waals surface area contributed by atoms with Gasteiger partial charge in [0.25, 0.3) is 5.91 Å². The van der Waals surface area contributed by atoms with Gasteiger partial charge in [0.15, 0.2) is 11.6 Å². The summed E-state index contributed by atoms with van der Waals surface area (Å²) in [5.74, 6) is 0.855. The molecule has 1 aromatic carbocycles. The summed E-state index contributed by atoms with van der Waals surface area (Å²) in [5.41, 5.74) is 1.01. The van der Waals surface area contributed by atoms with E-state index in [2.05, 4.69) is 58.9 Å². The third-order valence-electron chi connectivity index (χ3n) is 3.53. The summed E-state index contributed by atoms with van der Waals surface area (Å²) in [6, 6.07) is 10.5. The van der Waals surface area contributed by atoms with Crippen LogP contribution in [0.15, 0.2) is 47.3 Å². The minimum atomic E-state index is -0.390. The van der Waals surface area contributed by atoms with Gasteiger partial charge >= 0.3 is 0 Å². The number of halogens is 2. The number of pyridine rings is 1. The molecular formula is C17H12BrIN6O. The van der Waals surface area contributed by atoms with Crippen LogP contribution in [0.4, 0.5) is 0 Å². The van der Waals surface area contributed by atoms with E-state index >= 15 is 0 Å². The van der Waals surface area contributed by atoms with Crippen molar-refractivity contribution in [2.75, 3.05) is 0 Å². The number of benzene rings is 1. The van der Waals surface area contributed by atoms with Gasteiger partial charge in [-0.15, -0.1) is 0 Å². The molecule has 2 heterocycles. The number of amides is 1. The highest BCUT2D eigenvalue weighted by atomic mass is 127. The Kier molecular flexibility index (Phi) is 5.63. The molecule has 0 unspecified atom stereocenters. The third-order valence-corrected chi connectivity index (χ3v) is 4.61. The maximum Gasteiger partial charge on any atom is 0.251 e. The molecule has 7 nitrogen and oxygen atoms in total. The molecule has 1 N–H and O–H groups in total. The number of nitriles is 1. The molecule has 3 aromatic rings. The Labute approximate surface area is 171 Å². The summed E-state index contributed by atoms with van der Waals surface area (Å²) in [6.45, 7) is 1.82. The van der Waals surface area contributed by atoms with Crippen LogP contribution in [-0.2, 0) is 0 Å². The van der Waals surface area contributed by atoms with Gasteiger partial charge in [-0.2, -0.15) is 15.0 Å². The second kappa shape index (κ2) is 7.92. The van der Waals surface area contributed by atoms with Crippen molar-refractivity contribution in [3.8, 4) is 11.9 Å². The summed E-state index contributed by atoms with van der Waals surface area (Å²) in [6.07, 6.45) is 2.87. The Morgan fingerprint density at radius 3 is 2.81 bits per heavy atom. The number of nitrogens with zero attached hydrogens (tertiary/aromatic N) is 5. The zero-order chi connectivity index (χ0) is 18.7. The van der Waals surface area contributed by atoms with Crippen LogP contribution in [0.5, 0.6) is 0 Å². The van der Waals surface area contributed by atoms with Gasteiger partial charge in [0.2, 0.25) is 0 Å². The molecule has 0 fully saturated rings. The molecule has 0 bridgehead atoms. The average Bonchev–Trinajstić information content (AvgIpc) is 3.10. The Bertz CT molecular complexity index is 975. The van der Waals surface area contributed by atoms with Gasteiger partial charge in [0, 0.05) is 19.8 Å². The first-order chi connectivity index (χ1) is 12.5. The molecule has 2 aromatic heterocycles. The molecule has 0 radical (unpaired) electrons. The van der Waals surface area contributed by atoms with Crippen molar-refractivity contribution < 1.29 is 4.79 Å². The zero-order valence-corrected chi connectivity index (χ0v) is 17.3. The van der Waals surface area contributed by atoms with E-state index in [9.17, 15) is 4.79 Å². The molecule has 0 aliphatic carbocycles. The molecule has 0 spiro atoms. The minimum Gasteiger partial charge on any atom is -0.342 e. The topological polar surface area (TPSA) is 96.5 Å². The molecule has 0 aliphatic heterocycles. The molecule has 0 saturated carbocycles. The Balaban J connectivity index is 1.82. The fourth-order valence-corrected chi connectivity index (χ4v) is 3.92. The summed E-state index contributed by atoms with van der Waals surface area (Å²) in [7, 11) is 0. The average molecular weight is 523 g/mol. The Morgan fingerprint density at radius 2 is 2.15 bits per heavy atom. The second-order valence-corrected chi connectivity index (χ2v) is 7.56. The van der Waals surface area contributed by atoms with Crippen molar-refractivity contribution in [1.82, 2.24) is 25.1 Å². The van der Waals surface area contributed by atoms with Gasteiger partial charge in [-0.1, -0.05) is 15.9 Å². The predicted molar refractivity (Wildman–Crippen MR) is 107 cm³/mol. The van der Waals surface area contributed by atoms with E-state index < -0.39 is 0 Å². The van der Waals surface area contributed by atoms with Crippen LogP contribution < -0.4 is 5.32 Å². The first-order valence-electron chi connectivity index (χ1n) is 7.51. The third kappa shape index (κ3) is 4.08. The van der Waals surface area contributed by atoms with Crippen molar-refractivity contribution in [3.05, 3.63) is 67.9 Å². The van der Waals surface area contributed by atoms with Gasteiger partial charge in [0.1, 0.15) is 12.4 Å². The molecule has 9 heteroatoms. The number of aromatic nitrogens is 4. The summed E-state index contributed by atoms with van der Waals surface area (Å²) in [5, 5.41) is 16.0. The quantitative estimate of drug-likeness (QED) is 0.530. The van der Waals surface area contributed by atoms with Crippen molar-refractivity contribution in [2.24, 2.45) is 0 Å². The molecule has 26 heavy (non-hydrogen) atoms. The lowest BCUT2D eigenvalue weighted by atomic mass is 10.2. The SMILES string of the molecule is C[C@H](NC(=O)c1cc(Br)cc(I)c1)c1ncnn1-c1ccc(C#N)cn1. The molecule has 3 rings (SSSR count). The maximum absolute atomic E-state index is 12.5. The first-order valence-corrected chi connectivity index (χ1v) is 9.38. The van der Waals surface area contributed by atoms with Gasteiger partial charge < -0.3 is 5.32 Å². The lowest BCUT2D eigenvalue weighted by molar-refractivity contribution is 0.0937. The van der Waals surface area contributed by atoms with Gasteiger partial charge in [-0.05, 0) is 59.8 Å². The van der Waals surface area contributed by atoms with Crippen LogP contribution in [-0.4, -0.2) is 25.7 Å². The molecular weight excluding hydrogens is 511 g/mol. The molecule has 0 aliphatic rings. The van der Waals surface area contributed by atoms with E-state index in [0.717, 1.165) is 8.04 Å². The van der Waals surface area contributed by atoms with Crippen molar-refractivity contribution >= 4 is 44.4 Å². The smallest absolute Gasteiger partial charge is 0.251 e. The first kappa shape index (κ1) is 18.5. The summed E-state index contributed by atoms with van der Waals surface area (Å²) in [4.78, 5) is 21.0. The number of rotatable bonds is 4. The molecule has 1 atom stereocenters. The maximum atomic E-state index is 12.5. The normalized spacial score (nSPS) is 11.6. The van der Waals surface area contributed by atoms with E-state index in [-0.39, 0.29) is 11.9 Å². The van der Waals surface area contributed by atoms with Crippen LogP contribution in [0.3, 0.4) is 0 Å². The van der Waals surface area contributed by atoms with Crippen molar-refractivity contribution in [2.45, 2.75) is 13.0 Å². The fraction of sp³-hybridized carbons (Fsp3) is 0.118. The highest BCUT2D eigenvalue weighted by molar-refractivity contribution is 14.1. The van der Waals surface area contributed by atoms with E-state index in [4.69, 9.17) is 5.26 Å². The predicted octanol–water partition coefficient (Wildman–Crippen LogP) is 3.39. The highest BCUT2D eigenvalue weighted by Crippen LogP contribution is 2.19. The molecule has 1 amide bonds. The minimum absolute atomic E-state index is 0.209.